The largest absolute Gasteiger partial charge is 0.405 e. The van der Waals surface area contributed by atoms with Gasteiger partial charge in [-0.1, -0.05) is 6.92 Å². The monoisotopic (exact) mass is 234 g/mol. The number of anilines is 2. The van der Waals surface area contributed by atoms with Crippen LogP contribution >= 0.6 is 0 Å². The zero-order chi connectivity index (χ0) is 12.3. The summed E-state index contributed by atoms with van der Waals surface area (Å²) in [5, 5.41) is 2.21. The van der Waals surface area contributed by atoms with Crippen molar-refractivity contribution in [3.63, 3.8) is 0 Å². The van der Waals surface area contributed by atoms with Gasteiger partial charge in [0.2, 0.25) is 0 Å². The van der Waals surface area contributed by atoms with Crippen LogP contribution in [0.1, 0.15) is 18.3 Å². The molecule has 0 unspecified atom stereocenters. The van der Waals surface area contributed by atoms with Crippen LogP contribution in [0, 0.1) is 6.92 Å². The Morgan fingerprint density at radius 3 is 2.44 bits per heavy atom. The molecule has 7 heteroatoms. The summed E-state index contributed by atoms with van der Waals surface area (Å²) in [4.78, 5) is 7.89. The first-order chi connectivity index (χ1) is 7.33. The molecule has 90 valence electrons. The molecule has 1 aromatic heterocycles. The minimum absolute atomic E-state index is 0.140. The van der Waals surface area contributed by atoms with Crippen molar-refractivity contribution in [3.8, 4) is 0 Å². The maximum absolute atomic E-state index is 12.0. The van der Waals surface area contributed by atoms with Crippen LogP contribution in [0.4, 0.5) is 24.8 Å². The van der Waals surface area contributed by atoms with Crippen LogP contribution in [0.5, 0.6) is 0 Å². The maximum Gasteiger partial charge on any atom is 0.405 e. The van der Waals surface area contributed by atoms with E-state index in [0.29, 0.717) is 17.8 Å². The Labute approximate surface area is 91.1 Å². The molecule has 0 atom stereocenters. The number of nitrogens with one attached hydrogen (secondary N) is 1. The number of aromatic nitrogens is 2. The number of hydrogen-bond acceptors (Lipinski definition) is 4. The minimum atomic E-state index is -4.28. The lowest BCUT2D eigenvalue weighted by Gasteiger charge is -2.12. The number of alkyl halides is 3. The molecule has 0 amide bonds. The van der Waals surface area contributed by atoms with Crippen LogP contribution in [-0.4, -0.2) is 22.7 Å². The summed E-state index contributed by atoms with van der Waals surface area (Å²) in [5.74, 6) is 0.769. The Kier molecular flexibility index (Phi) is 3.56. The normalized spacial score (nSPS) is 11.6. The molecule has 0 saturated heterocycles. The first-order valence-corrected chi connectivity index (χ1v) is 4.77. The predicted octanol–water partition coefficient (Wildman–Crippen LogP) is 1.90. The summed E-state index contributed by atoms with van der Waals surface area (Å²) in [6.45, 7) is 2.25. The number of hydrogen-bond donors (Lipinski definition) is 2. The fourth-order valence-electron chi connectivity index (χ4n) is 1.10. The average molecular weight is 234 g/mol. The highest BCUT2D eigenvalue weighted by molar-refractivity contribution is 5.54. The van der Waals surface area contributed by atoms with Crippen LogP contribution < -0.4 is 11.1 Å². The third-order valence-corrected chi connectivity index (χ3v) is 2.00. The summed E-state index contributed by atoms with van der Waals surface area (Å²) < 4.78 is 36.1. The first kappa shape index (κ1) is 12.5. The molecule has 1 rings (SSSR count). The van der Waals surface area contributed by atoms with Crippen molar-refractivity contribution in [2.45, 2.75) is 26.4 Å². The van der Waals surface area contributed by atoms with Gasteiger partial charge in [0.15, 0.2) is 0 Å². The van der Waals surface area contributed by atoms with Crippen molar-refractivity contribution in [1.82, 2.24) is 9.97 Å². The molecule has 16 heavy (non-hydrogen) atoms. The zero-order valence-corrected chi connectivity index (χ0v) is 9.02. The van der Waals surface area contributed by atoms with Crippen molar-refractivity contribution >= 4 is 11.6 Å². The van der Waals surface area contributed by atoms with Crippen LogP contribution in [0.2, 0.25) is 0 Å². The summed E-state index contributed by atoms with van der Waals surface area (Å²) in [5.41, 5.74) is 6.00. The van der Waals surface area contributed by atoms with E-state index in [0.717, 1.165) is 0 Å². The van der Waals surface area contributed by atoms with E-state index in [2.05, 4.69) is 15.3 Å². The number of rotatable bonds is 3. The summed E-state index contributed by atoms with van der Waals surface area (Å²) in [7, 11) is 0. The van der Waals surface area contributed by atoms with Crippen LogP contribution in [0.15, 0.2) is 0 Å². The van der Waals surface area contributed by atoms with Gasteiger partial charge in [-0.25, -0.2) is 9.97 Å². The van der Waals surface area contributed by atoms with Gasteiger partial charge in [-0.15, -0.1) is 0 Å². The number of nitrogen functional groups attached to an aromatic ring is 1. The van der Waals surface area contributed by atoms with Crippen LogP contribution in [-0.2, 0) is 6.42 Å². The molecule has 0 fully saturated rings. The summed E-state index contributed by atoms with van der Waals surface area (Å²) >= 11 is 0. The molecule has 0 saturated carbocycles. The van der Waals surface area contributed by atoms with E-state index in [-0.39, 0.29) is 11.6 Å². The molecule has 0 bridgehead atoms. The van der Waals surface area contributed by atoms with E-state index in [9.17, 15) is 13.2 Å². The van der Waals surface area contributed by atoms with E-state index in [4.69, 9.17) is 5.73 Å². The third-order valence-electron chi connectivity index (χ3n) is 2.00. The molecule has 0 aromatic carbocycles. The fraction of sp³-hybridized carbons (Fsp3) is 0.556. The predicted molar refractivity (Wildman–Crippen MR) is 55.1 cm³/mol. The number of nitrogens with two attached hydrogens (primary N) is 1. The Hall–Kier alpha value is -1.53. The second kappa shape index (κ2) is 4.54. The van der Waals surface area contributed by atoms with Crippen molar-refractivity contribution in [2.75, 3.05) is 17.6 Å². The van der Waals surface area contributed by atoms with Gasteiger partial charge in [-0.05, 0) is 6.92 Å². The first-order valence-electron chi connectivity index (χ1n) is 4.77. The second-order valence-electron chi connectivity index (χ2n) is 3.32. The van der Waals surface area contributed by atoms with Gasteiger partial charge in [-0.2, -0.15) is 13.2 Å². The molecule has 0 aliphatic rings. The Morgan fingerprint density at radius 2 is 1.94 bits per heavy atom. The number of halogens is 3. The van der Waals surface area contributed by atoms with Gasteiger partial charge in [-0.3, -0.25) is 0 Å². The van der Waals surface area contributed by atoms with E-state index in [1.165, 1.54) is 0 Å². The molecule has 0 aliphatic heterocycles. The average Bonchev–Trinajstić information content (AvgIpc) is 2.18. The van der Waals surface area contributed by atoms with Gasteiger partial charge in [0.1, 0.15) is 24.0 Å². The van der Waals surface area contributed by atoms with Crippen molar-refractivity contribution in [2.24, 2.45) is 0 Å². The molecule has 3 N–H and O–H groups in total. The van der Waals surface area contributed by atoms with E-state index >= 15 is 0 Å². The SMILES string of the molecule is CCc1nc(N)c(C)c(NCC(F)(F)F)n1. The van der Waals surface area contributed by atoms with Crippen molar-refractivity contribution in [3.05, 3.63) is 11.4 Å². The molecule has 0 aliphatic carbocycles. The van der Waals surface area contributed by atoms with Crippen LogP contribution in [0.3, 0.4) is 0 Å². The van der Waals surface area contributed by atoms with Crippen molar-refractivity contribution < 1.29 is 13.2 Å². The number of aryl methyl sites for hydroxylation is 1. The zero-order valence-electron chi connectivity index (χ0n) is 9.02. The lowest BCUT2D eigenvalue weighted by Crippen LogP contribution is -2.23. The van der Waals surface area contributed by atoms with E-state index in [1.807, 2.05) is 0 Å². The van der Waals surface area contributed by atoms with Gasteiger partial charge < -0.3 is 11.1 Å². The molecule has 1 heterocycles. The number of nitrogens with zero attached hydrogens (tertiary/aromatic N) is 2. The highest BCUT2D eigenvalue weighted by Crippen LogP contribution is 2.20. The maximum atomic E-state index is 12.0. The third kappa shape index (κ3) is 3.25. The molecule has 0 radical (unpaired) electrons. The van der Waals surface area contributed by atoms with Gasteiger partial charge >= 0.3 is 6.18 Å². The lowest BCUT2D eigenvalue weighted by molar-refractivity contribution is -0.115. The Bertz CT molecular complexity index is 376. The van der Waals surface area contributed by atoms with E-state index in [1.54, 1.807) is 13.8 Å². The van der Waals surface area contributed by atoms with E-state index < -0.39 is 12.7 Å². The molecule has 4 nitrogen and oxygen atoms in total. The fourth-order valence-corrected chi connectivity index (χ4v) is 1.10. The second-order valence-corrected chi connectivity index (χ2v) is 3.32. The smallest absolute Gasteiger partial charge is 0.383 e. The van der Waals surface area contributed by atoms with Crippen molar-refractivity contribution in [1.29, 1.82) is 0 Å². The molecular weight excluding hydrogens is 221 g/mol. The Morgan fingerprint density at radius 1 is 1.31 bits per heavy atom. The van der Waals surface area contributed by atoms with Gasteiger partial charge in [0, 0.05) is 12.0 Å². The molecule has 0 spiro atoms. The summed E-state index contributed by atoms with van der Waals surface area (Å²) in [6.07, 6.45) is -3.76. The highest BCUT2D eigenvalue weighted by atomic mass is 19.4. The molecule has 1 aromatic rings. The summed E-state index contributed by atoms with van der Waals surface area (Å²) in [6, 6.07) is 0. The standard InChI is InChI=1S/C9H13F3N4/c1-3-6-15-7(13)5(2)8(16-6)14-4-9(10,11)12/h3-4H2,1-2H3,(H3,13,14,15,16). The highest BCUT2D eigenvalue weighted by Gasteiger charge is 2.27. The molecular formula is C9H13F3N4. The lowest BCUT2D eigenvalue weighted by atomic mass is 10.3. The van der Waals surface area contributed by atoms with Crippen LogP contribution in [0.25, 0.3) is 0 Å². The van der Waals surface area contributed by atoms with Gasteiger partial charge in [0.05, 0.1) is 0 Å². The Balaban J connectivity index is 2.90. The quantitative estimate of drug-likeness (QED) is 0.838. The minimum Gasteiger partial charge on any atom is -0.383 e. The van der Waals surface area contributed by atoms with Gasteiger partial charge in [0.25, 0.3) is 0 Å². The topological polar surface area (TPSA) is 63.8 Å².